The number of amides is 3. The number of rotatable bonds is 8. The molecule has 7 nitrogen and oxygen atoms in total. The Morgan fingerprint density at radius 2 is 1.67 bits per heavy atom. The Kier molecular flexibility index (Phi) is 8.20. The second kappa shape index (κ2) is 10.4. The summed E-state index contributed by atoms with van der Waals surface area (Å²) in [5, 5.41) is 7.75. The molecule has 0 atom stereocenters. The van der Waals surface area contributed by atoms with Crippen LogP contribution in [0.3, 0.4) is 0 Å². The normalized spacial score (nSPS) is 9.57. The summed E-state index contributed by atoms with van der Waals surface area (Å²) in [5.41, 5.74) is 0. The molecule has 0 fully saturated rings. The van der Waals surface area contributed by atoms with Crippen molar-refractivity contribution in [3.8, 4) is 5.75 Å². The first-order chi connectivity index (χ1) is 10.2. The van der Waals surface area contributed by atoms with Crippen LogP contribution in [0, 0.1) is 0 Å². The number of hydrogen-bond donors (Lipinski definition) is 3. The fraction of sp³-hybridized carbons (Fsp3) is 0.429. The van der Waals surface area contributed by atoms with Crippen molar-refractivity contribution in [1.82, 2.24) is 16.0 Å². The van der Waals surface area contributed by atoms with E-state index in [1.807, 2.05) is 30.3 Å². The molecule has 0 aliphatic heterocycles. The molecule has 3 amide bonds. The smallest absolute Gasteiger partial charge is 0.407 e. The average Bonchev–Trinajstić information content (AvgIpc) is 2.49. The standard InChI is InChI=1S/C14H21N3O4/c1-2-20-14(19)17-9-8-15-13(18)16-10-11-21-12-6-4-3-5-7-12/h3-7H,2,8-11H2,1H3,(H,17,19)(H2,15,16,18). The van der Waals surface area contributed by atoms with Crippen molar-refractivity contribution in [3.05, 3.63) is 30.3 Å². The molecule has 0 saturated carbocycles. The van der Waals surface area contributed by atoms with Gasteiger partial charge in [-0.3, -0.25) is 0 Å². The van der Waals surface area contributed by atoms with E-state index in [1.54, 1.807) is 6.92 Å². The van der Waals surface area contributed by atoms with Gasteiger partial charge in [0, 0.05) is 13.1 Å². The van der Waals surface area contributed by atoms with Crippen LogP contribution in [0.1, 0.15) is 6.92 Å². The Morgan fingerprint density at radius 1 is 1.00 bits per heavy atom. The molecule has 0 aromatic heterocycles. The molecule has 3 N–H and O–H groups in total. The lowest BCUT2D eigenvalue weighted by Crippen LogP contribution is -2.41. The summed E-state index contributed by atoms with van der Waals surface area (Å²) >= 11 is 0. The van der Waals surface area contributed by atoms with E-state index < -0.39 is 6.09 Å². The van der Waals surface area contributed by atoms with Crippen LogP contribution in [-0.2, 0) is 4.74 Å². The monoisotopic (exact) mass is 295 g/mol. The van der Waals surface area contributed by atoms with E-state index in [2.05, 4.69) is 20.7 Å². The molecule has 1 rings (SSSR count). The van der Waals surface area contributed by atoms with Crippen molar-refractivity contribution in [2.75, 3.05) is 32.8 Å². The lowest BCUT2D eigenvalue weighted by molar-refractivity contribution is 0.152. The van der Waals surface area contributed by atoms with E-state index in [9.17, 15) is 9.59 Å². The molecule has 7 heteroatoms. The molecule has 0 aliphatic rings. The van der Waals surface area contributed by atoms with Gasteiger partial charge >= 0.3 is 12.1 Å². The van der Waals surface area contributed by atoms with E-state index in [0.717, 1.165) is 5.75 Å². The maximum atomic E-state index is 11.4. The van der Waals surface area contributed by atoms with Crippen LogP contribution >= 0.6 is 0 Å². The van der Waals surface area contributed by atoms with Gasteiger partial charge < -0.3 is 25.4 Å². The molecule has 0 spiro atoms. The molecule has 21 heavy (non-hydrogen) atoms. The molecule has 116 valence electrons. The average molecular weight is 295 g/mol. The third kappa shape index (κ3) is 8.35. The first-order valence-electron chi connectivity index (χ1n) is 6.82. The van der Waals surface area contributed by atoms with Gasteiger partial charge in [0.25, 0.3) is 0 Å². The molecule has 0 unspecified atom stereocenters. The third-order valence-corrected chi connectivity index (χ3v) is 2.35. The van der Waals surface area contributed by atoms with E-state index in [1.165, 1.54) is 0 Å². The Morgan fingerprint density at radius 3 is 2.38 bits per heavy atom. The number of nitrogens with one attached hydrogen (secondary N) is 3. The number of alkyl carbamates (subject to hydrolysis) is 1. The van der Waals surface area contributed by atoms with Crippen molar-refractivity contribution in [2.24, 2.45) is 0 Å². The lowest BCUT2D eigenvalue weighted by atomic mass is 10.3. The van der Waals surface area contributed by atoms with Crippen molar-refractivity contribution in [3.63, 3.8) is 0 Å². The molecule has 0 saturated heterocycles. The van der Waals surface area contributed by atoms with E-state index >= 15 is 0 Å². The number of benzene rings is 1. The van der Waals surface area contributed by atoms with Gasteiger partial charge in [-0.05, 0) is 19.1 Å². The highest BCUT2D eigenvalue weighted by molar-refractivity contribution is 5.73. The van der Waals surface area contributed by atoms with Crippen LogP contribution in [0.15, 0.2) is 30.3 Å². The summed E-state index contributed by atoms with van der Waals surface area (Å²) in [6, 6.07) is 9.06. The van der Waals surface area contributed by atoms with E-state index in [0.29, 0.717) is 32.8 Å². The quantitative estimate of drug-likeness (QED) is 0.627. The summed E-state index contributed by atoms with van der Waals surface area (Å²) in [7, 11) is 0. The Bertz CT molecular complexity index is 425. The molecule has 1 aromatic rings. The topological polar surface area (TPSA) is 88.7 Å². The Hall–Kier alpha value is -2.44. The second-order valence-corrected chi connectivity index (χ2v) is 3.99. The molecule has 0 bridgehead atoms. The van der Waals surface area contributed by atoms with Crippen molar-refractivity contribution < 1.29 is 19.1 Å². The van der Waals surface area contributed by atoms with E-state index in [4.69, 9.17) is 4.74 Å². The number of carbonyl (C=O) groups is 2. The van der Waals surface area contributed by atoms with Crippen molar-refractivity contribution >= 4 is 12.1 Å². The van der Waals surface area contributed by atoms with E-state index in [-0.39, 0.29) is 6.03 Å². The molecule has 0 heterocycles. The fourth-order valence-electron chi connectivity index (χ4n) is 1.44. The zero-order valence-corrected chi connectivity index (χ0v) is 12.1. The van der Waals surface area contributed by atoms with Crippen molar-refractivity contribution in [1.29, 1.82) is 0 Å². The van der Waals surface area contributed by atoms with Crippen LogP contribution in [0.5, 0.6) is 5.75 Å². The van der Waals surface area contributed by atoms with Gasteiger partial charge in [0.15, 0.2) is 0 Å². The van der Waals surface area contributed by atoms with Gasteiger partial charge in [-0.1, -0.05) is 18.2 Å². The molecule has 0 radical (unpaired) electrons. The Balaban J connectivity index is 1.98. The summed E-state index contributed by atoms with van der Waals surface area (Å²) < 4.78 is 10.1. The molecule has 1 aromatic carbocycles. The van der Waals surface area contributed by atoms with Gasteiger partial charge in [-0.25, -0.2) is 9.59 Å². The number of ether oxygens (including phenoxy) is 2. The number of hydrogen-bond acceptors (Lipinski definition) is 4. The zero-order chi connectivity index (χ0) is 15.3. The minimum absolute atomic E-state index is 0.308. The van der Waals surface area contributed by atoms with Gasteiger partial charge in [0.1, 0.15) is 12.4 Å². The van der Waals surface area contributed by atoms with Gasteiger partial charge in [-0.2, -0.15) is 0 Å². The first-order valence-corrected chi connectivity index (χ1v) is 6.82. The molecule has 0 aliphatic carbocycles. The summed E-state index contributed by atoms with van der Waals surface area (Å²) in [6.45, 7) is 3.46. The predicted molar refractivity (Wildman–Crippen MR) is 78.4 cm³/mol. The SMILES string of the molecule is CCOC(=O)NCCNC(=O)NCCOc1ccccc1. The molecular formula is C14H21N3O4. The van der Waals surface area contributed by atoms with Crippen LogP contribution < -0.4 is 20.7 Å². The van der Waals surface area contributed by atoms with Crippen LogP contribution in [0.2, 0.25) is 0 Å². The van der Waals surface area contributed by atoms with Crippen molar-refractivity contribution in [2.45, 2.75) is 6.92 Å². The highest BCUT2D eigenvalue weighted by Crippen LogP contribution is 2.07. The van der Waals surface area contributed by atoms with Crippen LogP contribution in [0.4, 0.5) is 9.59 Å². The van der Waals surface area contributed by atoms with Crippen LogP contribution in [-0.4, -0.2) is 45.0 Å². The fourth-order valence-corrected chi connectivity index (χ4v) is 1.44. The first kappa shape index (κ1) is 16.6. The van der Waals surface area contributed by atoms with Gasteiger partial charge in [-0.15, -0.1) is 0 Å². The number of para-hydroxylation sites is 1. The lowest BCUT2D eigenvalue weighted by Gasteiger charge is -2.09. The highest BCUT2D eigenvalue weighted by Gasteiger charge is 2.01. The number of urea groups is 1. The Labute approximate surface area is 124 Å². The second-order valence-electron chi connectivity index (χ2n) is 3.99. The maximum absolute atomic E-state index is 11.4. The minimum atomic E-state index is -0.490. The van der Waals surface area contributed by atoms with Gasteiger partial charge in [0.2, 0.25) is 0 Å². The summed E-state index contributed by atoms with van der Waals surface area (Å²) in [4.78, 5) is 22.4. The summed E-state index contributed by atoms with van der Waals surface area (Å²) in [5.74, 6) is 0.762. The minimum Gasteiger partial charge on any atom is -0.492 e. The molecular weight excluding hydrogens is 274 g/mol. The highest BCUT2D eigenvalue weighted by atomic mass is 16.5. The predicted octanol–water partition coefficient (Wildman–Crippen LogP) is 1.11. The third-order valence-electron chi connectivity index (χ3n) is 2.35. The maximum Gasteiger partial charge on any atom is 0.407 e. The zero-order valence-electron chi connectivity index (χ0n) is 12.1. The largest absolute Gasteiger partial charge is 0.492 e. The van der Waals surface area contributed by atoms with Crippen LogP contribution in [0.25, 0.3) is 0 Å². The van der Waals surface area contributed by atoms with Gasteiger partial charge in [0.05, 0.1) is 13.2 Å². The number of carbonyl (C=O) groups excluding carboxylic acids is 2. The summed E-state index contributed by atoms with van der Waals surface area (Å²) in [6.07, 6.45) is -0.490.